The molecule has 0 spiro atoms. The molecule has 0 aromatic heterocycles. The highest BCUT2D eigenvalue weighted by molar-refractivity contribution is 5.93. The summed E-state index contributed by atoms with van der Waals surface area (Å²) in [5.41, 5.74) is 7.90. The number of amides is 1. The minimum atomic E-state index is -0.0806. The van der Waals surface area contributed by atoms with Gasteiger partial charge in [0.25, 0.3) is 0 Å². The highest BCUT2D eigenvalue weighted by Gasteiger charge is 2.21. The maximum absolute atomic E-state index is 11.5. The van der Waals surface area contributed by atoms with E-state index in [1.807, 2.05) is 24.3 Å². The highest BCUT2D eigenvalue weighted by Crippen LogP contribution is 2.27. The minimum absolute atomic E-state index is 0.0681. The van der Waals surface area contributed by atoms with Gasteiger partial charge in [-0.2, -0.15) is 0 Å². The number of rotatable bonds is 6. The molecule has 1 aromatic carbocycles. The number of nitrogens with two attached hydrogens (primary N) is 1. The van der Waals surface area contributed by atoms with Crippen LogP contribution < -0.4 is 16.4 Å². The van der Waals surface area contributed by atoms with Crippen molar-refractivity contribution in [1.82, 2.24) is 5.32 Å². The van der Waals surface area contributed by atoms with Crippen molar-refractivity contribution >= 4 is 17.6 Å². The number of benzene rings is 1. The topological polar surface area (TPSA) is 79.5 Å². The molecule has 20 heavy (non-hydrogen) atoms. The van der Waals surface area contributed by atoms with Gasteiger partial charge in [-0.15, -0.1) is 0 Å². The van der Waals surface area contributed by atoms with Gasteiger partial charge < -0.3 is 16.4 Å². The molecule has 1 aliphatic carbocycles. The van der Waals surface area contributed by atoms with Crippen molar-refractivity contribution in [2.45, 2.75) is 26.2 Å². The molecule has 0 saturated heterocycles. The summed E-state index contributed by atoms with van der Waals surface area (Å²) in [5, 5.41) is 5.82. The van der Waals surface area contributed by atoms with Crippen LogP contribution in [0.4, 0.5) is 5.69 Å². The van der Waals surface area contributed by atoms with Gasteiger partial charge >= 0.3 is 0 Å². The van der Waals surface area contributed by atoms with Crippen molar-refractivity contribution in [1.29, 1.82) is 0 Å². The van der Waals surface area contributed by atoms with Gasteiger partial charge in [-0.05, 0) is 42.9 Å². The van der Waals surface area contributed by atoms with Crippen molar-refractivity contribution < 1.29 is 4.79 Å². The molecule has 1 amide bonds. The van der Waals surface area contributed by atoms with E-state index in [1.165, 1.54) is 18.4 Å². The number of carbonyl (C=O) groups excluding carboxylic acids is 1. The van der Waals surface area contributed by atoms with Gasteiger partial charge in [0.2, 0.25) is 5.91 Å². The first kappa shape index (κ1) is 14.4. The van der Waals surface area contributed by atoms with E-state index in [0.717, 1.165) is 18.7 Å². The molecule has 4 N–H and O–H groups in total. The van der Waals surface area contributed by atoms with Crippen LogP contribution in [0.5, 0.6) is 0 Å². The van der Waals surface area contributed by atoms with Crippen molar-refractivity contribution in [2.75, 3.05) is 18.4 Å². The highest BCUT2D eigenvalue weighted by atomic mass is 16.1. The quantitative estimate of drug-likeness (QED) is 0.543. The Bertz CT molecular complexity index is 477. The van der Waals surface area contributed by atoms with Crippen LogP contribution in [0.1, 0.15) is 25.3 Å². The summed E-state index contributed by atoms with van der Waals surface area (Å²) < 4.78 is 0. The normalized spacial score (nSPS) is 14.9. The first-order chi connectivity index (χ1) is 9.67. The minimum Gasteiger partial charge on any atom is -0.370 e. The van der Waals surface area contributed by atoms with Gasteiger partial charge in [0.05, 0.1) is 0 Å². The maximum atomic E-state index is 11.5. The molecule has 5 nitrogen and oxygen atoms in total. The van der Waals surface area contributed by atoms with Crippen LogP contribution in [0.15, 0.2) is 29.3 Å². The van der Waals surface area contributed by atoms with Gasteiger partial charge in [-0.3, -0.25) is 4.79 Å². The zero-order chi connectivity index (χ0) is 14.4. The number of anilines is 1. The Morgan fingerprint density at radius 1 is 1.35 bits per heavy atom. The zero-order valence-electron chi connectivity index (χ0n) is 11.9. The monoisotopic (exact) mass is 274 g/mol. The Hall–Kier alpha value is -2.04. The number of guanidine groups is 1. The molecule has 1 aliphatic rings. The van der Waals surface area contributed by atoms with Crippen LogP contribution in [0.3, 0.4) is 0 Å². The van der Waals surface area contributed by atoms with E-state index in [1.54, 1.807) is 0 Å². The lowest BCUT2D eigenvalue weighted by molar-refractivity contribution is -0.119. The molecule has 0 bridgehead atoms. The van der Waals surface area contributed by atoms with Crippen LogP contribution in [-0.2, 0) is 11.2 Å². The smallest absolute Gasteiger partial charge is 0.241 e. The Labute approximate surface area is 119 Å². The standard InChI is InChI=1S/C15H22N4O/c1-2-11-5-7-13(8-6-11)19-15(16)18-10-14(20)17-9-12-3-4-12/h5-8,12H,2-4,9-10H2,1H3,(H,17,20)(H3,16,18,19). The molecular formula is C15H22N4O. The maximum Gasteiger partial charge on any atom is 0.241 e. The van der Waals surface area contributed by atoms with Gasteiger partial charge in [0, 0.05) is 12.2 Å². The molecule has 1 aromatic rings. The predicted molar refractivity (Wildman–Crippen MR) is 81.7 cm³/mol. The number of hydrogen-bond acceptors (Lipinski definition) is 2. The summed E-state index contributed by atoms with van der Waals surface area (Å²) in [6, 6.07) is 7.98. The van der Waals surface area contributed by atoms with Crippen molar-refractivity contribution in [3.63, 3.8) is 0 Å². The number of nitrogens with one attached hydrogen (secondary N) is 2. The Morgan fingerprint density at radius 2 is 2.05 bits per heavy atom. The lowest BCUT2D eigenvalue weighted by Gasteiger charge is -2.06. The fourth-order valence-electron chi connectivity index (χ4n) is 1.80. The number of aliphatic imine (C=N–C) groups is 1. The average molecular weight is 274 g/mol. The number of hydrogen-bond donors (Lipinski definition) is 3. The Morgan fingerprint density at radius 3 is 2.65 bits per heavy atom. The summed E-state index contributed by atoms with van der Waals surface area (Å²) in [7, 11) is 0. The molecular weight excluding hydrogens is 252 g/mol. The Kier molecular flexibility index (Phi) is 4.98. The first-order valence-electron chi connectivity index (χ1n) is 7.10. The van der Waals surface area contributed by atoms with E-state index in [4.69, 9.17) is 5.73 Å². The van der Waals surface area contributed by atoms with E-state index < -0.39 is 0 Å². The van der Waals surface area contributed by atoms with Gasteiger partial charge in [-0.25, -0.2) is 4.99 Å². The van der Waals surface area contributed by atoms with Gasteiger partial charge in [-0.1, -0.05) is 19.1 Å². The fraction of sp³-hybridized carbons (Fsp3) is 0.467. The lowest BCUT2D eigenvalue weighted by Crippen LogP contribution is -2.30. The molecule has 1 saturated carbocycles. The van der Waals surface area contributed by atoms with E-state index in [0.29, 0.717) is 5.92 Å². The van der Waals surface area contributed by atoms with Crippen LogP contribution in [0.25, 0.3) is 0 Å². The second-order valence-electron chi connectivity index (χ2n) is 5.12. The second kappa shape index (κ2) is 6.93. The summed E-state index contributed by atoms with van der Waals surface area (Å²) in [6.45, 7) is 2.94. The summed E-state index contributed by atoms with van der Waals surface area (Å²) in [5.74, 6) is 0.856. The van der Waals surface area contributed by atoms with Gasteiger partial charge in [0.1, 0.15) is 6.54 Å². The summed E-state index contributed by atoms with van der Waals surface area (Å²) >= 11 is 0. The molecule has 0 unspecified atom stereocenters. The zero-order valence-corrected chi connectivity index (χ0v) is 11.9. The molecule has 0 radical (unpaired) electrons. The number of nitrogens with zero attached hydrogens (tertiary/aromatic N) is 1. The van der Waals surface area contributed by atoms with E-state index in [9.17, 15) is 4.79 Å². The SMILES string of the molecule is CCc1ccc(NC(N)=NCC(=O)NCC2CC2)cc1. The van der Waals surface area contributed by atoms with Crippen LogP contribution in [0.2, 0.25) is 0 Å². The number of aryl methyl sites for hydroxylation is 1. The molecule has 0 heterocycles. The second-order valence-corrected chi connectivity index (χ2v) is 5.12. The number of carbonyl (C=O) groups is 1. The van der Waals surface area contributed by atoms with Crippen molar-refractivity contribution in [3.05, 3.63) is 29.8 Å². The van der Waals surface area contributed by atoms with E-state index in [-0.39, 0.29) is 18.4 Å². The largest absolute Gasteiger partial charge is 0.370 e. The average Bonchev–Trinajstić information content (AvgIpc) is 3.28. The summed E-state index contributed by atoms with van der Waals surface area (Å²) in [4.78, 5) is 15.5. The van der Waals surface area contributed by atoms with Crippen LogP contribution in [0, 0.1) is 5.92 Å². The third-order valence-electron chi connectivity index (χ3n) is 3.31. The lowest BCUT2D eigenvalue weighted by atomic mass is 10.1. The Balaban J connectivity index is 1.75. The van der Waals surface area contributed by atoms with Crippen LogP contribution >= 0.6 is 0 Å². The van der Waals surface area contributed by atoms with Crippen molar-refractivity contribution in [3.8, 4) is 0 Å². The predicted octanol–water partition coefficient (Wildman–Crippen LogP) is 1.50. The van der Waals surface area contributed by atoms with Gasteiger partial charge in [0.15, 0.2) is 5.96 Å². The fourth-order valence-corrected chi connectivity index (χ4v) is 1.80. The third-order valence-corrected chi connectivity index (χ3v) is 3.31. The van der Waals surface area contributed by atoms with E-state index >= 15 is 0 Å². The summed E-state index contributed by atoms with van der Waals surface area (Å²) in [6.07, 6.45) is 3.45. The molecule has 108 valence electrons. The molecule has 0 atom stereocenters. The first-order valence-corrected chi connectivity index (χ1v) is 7.10. The van der Waals surface area contributed by atoms with Crippen LogP contribution in [-0.4, -0.2) is 25.0 Å². The van der Waals surface area contributed by atoms with E-state index in [2.05, 4.69) is 22.5 Å². The third kappa shape index (κ3) is 4.91. The molecule has 1 fully saturated rings. The molecule has 0 aliphatic heterocycles. The molecule has 5 heteroatoms. The van der Waals surface area contributed by atoms with Crippen molar-refractivity contribution in [2.24, 2.45) is 16.6 Å². The molecule has 2 rings (SSSR count).